The Balaban J connectivity index is 1.38. The Kier molecular flexibility index (Phi) is 6.09. The summed E-state index contributed by atoms with van der Waals surface area (Å²) in [5, 5.41) is 3.96. The Bertz CT molecular complexity index is 975. The number of nitrogens with zero attached hydrogens (tertiary/aromatic N) is 4. The summed E-state index contributed by atoms with van der Waals surface area (Å²) in [7, 11) is 0. The molecule has 0 aliphatic carbocycles. The van der Waals surface area contributed by atoms with Gasteiger partial charge < -0.3 is 14.2 Å². The number of ether oxygens (including phenoxy) is 1. The molecule has 7 heteroatoms. The summed E-state index contributed by atoms with van der Waals surface area (Å²) < 4.78 is 11.2. The van der Waals surface area contributed by atoms with E-state index in [9.17, 15) is 4.79 Å². The molecule has 2 aromatic heterocycles. The lowest BCUT2D eigenvalue weighted by atomic mass is 10.1. The molecule has 7 nitrogen and oxygen atoms in total. The van der Waals surface area contributed by atoms with Gasteiger partial charge in [-0.15, -0.1) is 0 Å². The summed E-state index contributed by atoms with van der Waals surface area (Å²) in [6, 6.07) is 13.4. The maximum Gasteiger partial charge on any atom is 0.257 e. The molecule has 156 valence electrons. The number of carbonyl (C=O) groups excluding carboxylic acids is 1. The van der Waals surface area contributed by atoms with Gasteiger partial charge in [-0.2, -0.15) is 0 Å². The largest absolute Gasteiger partial charge is 0.488 e. The standard InChI is InChI=1S/C23H26N4O3/c1-17-21(18(2)30-25-17)16-29-22-9-4-3-8-20(22)23(28)27-13-11-26(12-14-27)15-19-7-5-6-10-24-19/h3-10H,11-16H2,1-2H3. The van der Waals surface area contributed by atoms with E-state index in [4.69, 9.17) is 9.26 Å². The van der Waals surface area contributed by atoms with Crippen molar-refractivity contribution in [3.05, 3.63) is 76.9 Å². The third-order valence-electron chi connectivity index (χ3n) is 5.44. The highest BCUT2D eigenvalue weighted by atomic mass is 16.5. The third kappa shape index (κ3) is 4.52. The highest BCUT2D eigenvalue weighted by Crippen LogP contribution is 2.23. The number of pyridine rings is 1. The zero-order valence-electron chi connectivity index (χ0n) is 17.4. The van der Waals surface area contributed by atoms with Crippen molar-refractivity contribution in [3.63, 3.8) is 0 Å². The van der Waals surface area contributed by atoms with Crippen LogP contribution in [0.25, 0.3) is 0 Å². The van der Waals surface area contributed by atoms with Crippen LogP contribution in [0.4, 0.5) is 0 Å². The summed E-state index contributed by atoms with van der Waals surface area (Å²) >= 11 is 0. The summed E-state index contributed by atoms with van der Waals surface area (Å²) in [6.45, 7) is 7.89. The molecule has 0 radical (unpaired) electrons. The van der Waals surface area contributed by atoms with Gasteiger partial charge in [0.1, 0.15) is 18.1 Å². The minimum Gasteiger partial charge on any atom is -0.488 e. The molecule has 1 aliphatic heterocycles. The van der Waals surface area contributed by atoms with E-state index in [0.717, 1.165) is 42.3 Å². The summed E-state index contributed by atoms with van der Waals surface area (Å²) in [5.41, 5.74) is 3.36. The lowest BCUT2D eigenvalue weighted by Gasteiger charge is -2.34. The van der Waals surface area contributed by atoms with E-state index in [2.05, 4.69) is 15.0 Å². The van der Waals surface area contributed by atoms with E-state index in [1.54, 1.807) is 0 Å². The number of para-hydroxylation sites is 1. The predicted octanol–water partition coefficient (Wildman–Crippen LogP) is 3.22. The molecular weight excluding hydrogens is 380 g/mol. The van der Waals surface area contributed by atoms with Gasteiger partial charge in [0, 0.05) is 38.9 Å². The normalized spacial score (nSPS) is 14.7. The molecule has 0 spiro atoms. The molecule has 1 amide bonds. The smallest absolute Gasteiger partial charge is 0.257 e. The average molecular weight is 406 g/mol. The lowest BCUT2D eigenvalue weighted by molar-refractivity contribution is 0.0622. The molecule has 0 atom stereocenters. The first kappa shape index (κ1) is 20.1. The van der Waals surface area contributed by atoms with E-state index in [0.29, 0.717) is 31.0 Å². The highest BCUT2D eigenvalue weighted by Gasteiger charge is 2.24. The number of carbonyl (C=O) groups is 1. The number of hydrogen-bond acceptors (Lipinski definition) is 6. The van der Waals surface area contributed by atoms with Gasteiger partial charge in [-0.25, -0.2) is 0 Å². The SMILES string of the molecule is Cc1noc(C)c1COc1ccccc1C(=O)N1CCN(Cc2ccccn2)CC1. The molecule has 0 unspecified atom stereocenters. The number of rotatable bonds is 6. The van der Waals surface area contributed by atoms with Crippen LogP contribution in [0, 0.1) is 13.8 Å². The molecule has 3 aromatic rings. The number of piperazine rings is 1. The molecule has 30 heavy (non-hydrogen) atoms. The molecule has 1 aliphatic rings. The maximum atomic E-state index is 13.2. The van der Waals surface area contributed by atoms with E-state index in [1.165, 1.54) is 0 Å². The van der Waals surface area contributed by atoms with Gasteiger partial charge in [0.25, 0.3) is 5.91 Å². The van der Waals surface area contributed by atoms with Gasteiger partial charge in [0.2, 0.25) is 0 Å². The Labute approximate surface area is 176 Å². The van der Waals surface area contributed by atoms with Crippen molar-refractivity contribution >= 4 is 5.91 Å². The van der Waals surface area contributed by atoms with Gasteiger partial charge in [0.05, 0.1) is 22.5 Å². The molecule has 3 heterocycles. The zero-order valence-corrected chi connectivity index (χ0v) is 17.4. The second-order valence-corrected chi connectivity index (χ2v) is 7.48. The van der Waals surface area contributed by atoms with Crippen molar-refractivity contribution in [2.45, 2.75) is 27.0 Å². The number of aryl methyl sites for hydroxylation is 2. The summed E-state index contributed by atoms with van der Waals surface area (Å²) in [6.07, 6.45) is 1.81. The molecular formula is C23H26N4O3. The summed E-state index contributed by atoms with van der Waals surface area (Å²) in [5.74, 6) is 1.32. The van der Waals surface area contributed by atoms with Gasteiger partial charge in [0.15, 0.2) is 0 Å². The number of benzene rings is 1. The van der Waals surface area contributed by atoms with Gasteiger partial charge in [-0.3, -0.25) is 14.7 Å². The Morgan fingerprint density at radius 3 is 2.53 bits per heavy atom. The summed E-state index contributed by atoms with van der Waals surface area (Å²) in [4.78, 5) is 21.8. The first-order valence-corrected chi connectivity index (χ1v) is 10.2. The molecule has 0 bridgehead atoms. The van der Waals surface area contributed by atoms with Crippen LogP contribution in [0.2, 0.25) is 0 Å². The minimum atomic E-state index is 0.00171. The van der Waals surface area contributed by atoms with Crippen LogP contribution in [0.15, 0.2) is 53.2 Å². The monoisotopic (exact) mass is 406 g/mol. The number of hydrogen-bond donors (Lipinski definition) is 0. The second kappa shape index (κ2) is 9.09. The first-order valence-electron chi connectivity index (χ1n) is 10.2. The Hall–Kier alpha value is -3.19. The fraction of sp³-hybridized carbons (Fsp3) is 0.348. The second-order valence-electron chi connectivity index (χ2n) is 7.48. The molecule has 0 saturated carbocycles. The molecule has 1 saturated heterocycles. The van der Waals surface area contributed by atoms with Crippen LogP contribution in [0.3, 0.4) is 0 Å². The minimum absolute atomic E-state index is 0.00171. The van der Waals surface area contributed by atoms with Crippen molar-refractivity contribution < 1.29 is 14.1 Å². The average Bonchev–Trinajstić information content (AvgIpc) is 3.10. The predicted molar refractivity (Wildman–Crippen MR) is 112 cm³/mol. The van der Waals surface area contributed by atoms with Gasteiger partial charge in [-0.05, 0) is 38.1 Å². The molecule has 4 rings (SSSR count). The third-order valence-corrected chi connectivity index (χ3v) is 5.44. The maximum absolute atomic E-state index is 13.2. The van der Waals surface area contributed by atoms with Crippen molar-refractivity contribution in [3.8, 4) is 5.75 Å². The van der Waals surface area contributed by atoms with Crippen LogP contribution >= 0.6 is 0 Å². The van der Waals surface area contributed by atoms with Crippen molar-refractivity contribution in [1.82, 2.24) is 19.9 Å². The quantitative estimate of drug-likeness (QED) is 0.626. The Morgan fingerprint density at radius 2 is 1.83 bits per heavy atom. The van der Waals surface area contributed by atoms with Crippen LogP contribution in [0.5, 0.6) is 5.75 Å². The van der Waals surface area contributed by atoms with Crippen molar-refractivity contribution in [2.24, 2.45) is 0 Å². The number of aromatic nitrogens is 2. The fourth-order valence-electron chi connectivity index (χ4n) is 3.63. The molecule has 1 aromatic carbocycles. The van der Waals surface area contributed by atoms with Crippen LogP contribution < -0.4 is 4.74 Å². The first-order chi connectivity index (χ1) is 14.6. The van der Waals surface area contributed by atoms with Crippen LogP contribution in [-0.4, -0.2) is 52.0 Å². The Morgan fingerprint density at radius 1 is 1.07 bits per heavy atom. The van der Waals surface area contributed by atoms with Crippen LogP contribution in [-0.2, 0) is 13.2 Å². The van der Waals surface area contributed by atoms with Gasteiger partial charge in [-0.1, -0.05) is 23.4 Å². The molecule has 1 fully saturated rings. The van der Waals surface area contributed by atoms with E-state index in [1.807, 2.05) is 67.4 Å². The number of amides is 1. The highest BCUT2D eigenvalue weighted by molar-refractivity contribution is 5.97. The van der Waals surface area contributed by atoms with Gasteiger partial charge >= 0.3 is 0 Å². The van der Waals surface area contributed by atoms with E-state index >= 15 is 0 Å². The molecule has 0 N–H and O–H groups in total. The van der Waals surface area contributed by atoms with Crippen molar-refractivity contribution in [2.75, 3.05) is 26.2 Å². The zero-order chi connectivity index (χ0) is 20.9. The topological polar surface area (TPSA) is 71.7 Å². The van der Waals surface area contributed by atoms with E-state index < -0.39 is 0 Å². The fourth-order valence-corrected chi connectivity index (χ4v) is 3.63. The van der Waals surface area contributed by atoms with E-state index in [-0.39, 0.29) is 5.91 Å². The van der Waals surface area contributed by atoms with Crippen molar-refractivity contribution in [1.29, 1.82) is 0 Å². The lowest BCUT2D eigenvalue weighted by Crippen LogP contribution is -2.48. The van der Waals surface area contributed by atoms with Crippen LogP contribution in [0.1, 0.15) is 33.1 Å².